The van der Waals surface area contributed by atoms with E-state index >= 15 is 0 Å². The number of fused-ring (bicyclic) bond motifs is 10. The average molecular weight is 954 g/mol. The van der Waals surface area contributed by atoms with Crippen LogP contribution in [0.1, 0.15) is 44.9 Å². The van der Waals surface area contributed by atoms with Crippen LogP contribution in [0, 0.1) is 0 Å². The summed E-state index contributed by atoms with van der Waals surface area (Å²) < 4.78 is 0. The van der Waals surface area contributed by atoms with Crippen LogP contribution in [0.25, 0.3) is 66.8 Å². The highest BCUT2D eigenvalue weighted by molar-refractivity contribution is 5.96. The largest absolute Gasteiger partial charge is 0.310 e. The highest BCUT2D eigenvalue weighted by atomic mass is 15.1. The Morgan fingerprint density at radius 2 is 0.520 bits per heavy atom. The van der Waals surface area contributed by atoms with Crippen LogP contribution < -0.4 is 4.90 Å². The normalized spacial score (nSPS) is 12.5. The highest BCUT2D eigenvalue weighted by Crippen LogP contribution is 2.64. The Bertz CT molecular complexity index is 3870. The van der Waals surface area contributed by atoms with Crippen LogP contribution in [0.2, 0.25) is 0 Å². The van der Waals surface area contributed by atoms with Gasteiger partial charge in [-0.1, -0.05) is 267 Å². The molecule has 0 heterocycles. The summed E-state index contributed by atoms with van der Waals surface area (Å²) in [4.78, 5) is 2.42. The molecule has 0 radical (unpaired) electrons. The molecule has 0 unspecified atom stereocenters. The molecule has 0 aliphatic heterocycles. The highest BCUT2D eigenvalue weighted by Gasteiger charge is 2.52. The van der Waals surface area contributed by atoms with Crippen LogP contribution in [0.3, 0.4) is 0 Å². The molecule has 0 aromatic heterocycles. The summed E-state index contributed by atoms with van der Waals surface area (Å²) in [7, 11) is 0. The molecule has 75 heavy (non-hydrogen) atoms. The number of nitrogens with zero attached hydrogens (tertiary/aromatic N) is 1. The van der Waals surface area contributed by atoms with Crippen molar-refractivity contribution in [3.05, 3.63) is 342 Å². The first-order valence-corrected chi connectivity index (χ1v) is 26.1. The zero-order chi connectivity index (χ0) is 49.7. The number of hydrogen-bond acceptors (Lipinski definition) is 1. The van der Waals surface area contributed by atoms with Gasteiger partial charge in [-0.05, 0) is 142 Å². The van der Waals surface area contributed by atoms with Gasteiger partial charge in [0, 0.05) is 23.0 Å². The summed E-state index contributed by atoms with van der Waals surface area (Å²) in [5, 5.41) is 0. The SMILES string of the molecule is c1ccc(-c2ccc(-c3ccc(N(c4ccccc4)c4ccc5c(c4)C4(c6ccccc6-c6ccccc64)c4cc(C(c6ccc(-c7ccccc7)cc6)c6ccc(-c7ccccc7)cc6)ccc4-5)cc3)cc2)cc1. The third-order valence-corrected chi connectivity index (χ3v) is 15.9. The topological polar surface area (TPSA) is 3.24 Å². The maximum Gasteiger partial charge on any atom is 0.0726 e. The molecule has 1 heteroatoms. The van der Waals surface area contributed by atoms with Gasteiger partial charge in [0.15, 0.2) is 0 Å². The Labute approximate surface area is 440 Å². The molecule has 1 spiro atoms. The molecule has 0 fully saturated rings. The van der Waals surface area contributed by atoms with Crippen molar-refractivity contribution in [2.45, 2.75) is 11.3 Å². The van der Waals surface area contributed by atoms with E-state index in [1.54, 1.807) is 0 Å². The van der Waals surface area contributed by atoms with Gasteiger partial charge in [0.2, 0.25) is 0 Å². The third-order valence-electron chi connectivity index (χ3n) is 15.9. The lowest BCUT2D eigenvalue weighted by Crippen LogP contribution is -2.26. The van der Waals surface area contributed by atoms with Gasteiger partial charge in [0.25, 0.3) is 0 Å². The number of hydrogen-bond donors (Lipinski definition) is 0. The Morgan fingerprint density at radius 1 is 0.213 bits per heavy atom. The molecule has 12 aromatic carbocycles. The Balaban J connectivity index is 0.921. The molecule has 0 N–H and O–H groups in total. The van der Waals surface area contributed by atoms with Crippen LogP contribution in [0.15, 0.2) is 303 Å². The predicted molar refractivity (Wildman–Crippen MR) is 313 cm³/mol. The lowest BCUT2D eigenvalue weighted by atomic mass is 9.69. The van der Waals surface area contributed by atoms with Gasteiger partial charge < -0.3 is 4.90 Å². The molecular formula is C74H51N. The predicted octanol–water partition coefficient (Wildman–Crippen LogP) is 19.3. The number of anilines is 3. The third kappa shape index (κ3) is 7.55. The van der Waals surface area contributed by atoms with Gasteiger partial charge in [0.05, 0.1) is 5.41 Å². The molecule has 14 rings (SSSR count). The Kier molecular flexibility index (Phi) is 10.9. The fourth-order valence-electron chi connectivity index (χ4n) is 12.4. The molecule has 0 saturated heterocycles. The maximum absolute atomic E-state index is 2.56. The summed E-state index contributed by atoms with van der Waals surface area (Å²) in [5.74, 6) is -0.0218. The fourth-order valence-corrected chi connectivity index (χ4v) is 12.4. The second-order valence-electron chi connectivity index (χ2n) is 19.9. The summed E-state index contributed by atoms with van der Waals surface area (Å²) in [6.45, 7) is 0. The van der Waals surface area contributed by atoms with E-state index in [1.165, 1.54) is 106 Å². The molecule has 352 valence electrons. The van der Waals surface area contributed by atoms with Crippen molar-refractivity contribution in [3.8, 4) is 66.8 Å². The van der Waals surface area contributed by atoms with Crippen molar-refractivity contribution in [1.82, 2.24) is 0 Å². The first-order valence-electron chi connectivity index (χ1n) is 26.1. The van der Waals surface area contributed by atoms with E-state index in [2.05, 4.69) is 308 Å². The molecule has 2 aliphatic rings. The van der Waals surface area contributed by atoms with Gasteiger partial charge in [-0.15, -0.1) is 0 Å². The van der Waals surface area contributed by atoms with E-state index in [-0.39, 0.29) is 5.92 Å². The van der Waals surface area contributed by atoms with Crippen molar-refractivity contribution in [2.75, 3.05) is 4.90 Å². The fraction of sp³-hybridized carbons (Fsp3) is 0.0270. The van der Waals surface area contributed by atoms with Crippen molar-refractivity contribution in [1.29, 1.82) is 0 Å². The zero-order valence-corrected chi connectivity index (χ0v) is 41.4. The minimum atomic E-state index is -0.569. The molecule has 0 saturated carbocycles. The van der Waals surface area contributed by atoms with E-state index in [4.69, 9.17) is 0 Å². The van der Waals surface area contributed by atoms with Crippen molar-refractivity contribution in [2.24, 2.45) is 0 Å². The van der Waals surface area contributed by atoms with Gasteiger partial charge in [-0.25, -0.2) is 0 Å². The molecule has 0 bridgehead atoms. The summed E-state index contributed by atoms with van der Waals surface area (Å²) in [5.41, 5.74) is 26.6. The molecule has 2 aliphatic carbocycles. The Hall–Kier alpha value is -9.56. The van der Waals surface area contributed by atoms with Gasteiger partial charge in [-0.3, -0.25) is 0 Å². The molecule has 12 aromatic rings. The number of para-hydroxylation sites is 1. The molecule has 0 amide bonds. The van der Waals surface area contributed by atoms with Crippen molar-refractivity contribution in [3.63, 3.8) is 0 Å². The van der Waals surface area contributed by atoms with E-state index in [9.17, 15) is 0 Å². The Morgan fingerprint density at radius 3 is 0.987 bits per heavy atom. The summed E-state index contributed by atoms with van der Waals surface area (Å²) in [6.07, 6.45) is 0. The van der Waals surface area contributed by atoms with Crippen molar-refractivity contribution < 1.29 is 0 Å². The number of rotatable bonds is 10. The smallest absolute Gasteiger partial charge is 0.0726 e. The zero-order valence-electron chi connectivity index (χ0n) is 41.4. The van der Waals surface area contributed by atoms with Crippen LogP contribution >= 0.6 is 0 Å². The van der Waals surface area contributed by atoms with Crippen molar-refractivity contribution >= 4 is 17.1 Å². The van der Waals surface area contributed by atoms with Gasteiger partial charge in [0.1, 0.15) is 0 Å². The lowest BCUT2D eigenvalue weighted by Gasteiger charge is -2.33. The average Bonchev–Trinajstić information content (AvgIpc) is 4.01. The van der Waals surface area contributed by atoms with Crippen LogP contribution in [-0.4, -0.2) is 0 Å². The molecule has 0 atom stereocenters. The van der Waals surface area contributed by atoms with Gasteiger partial charge in [-0.2, -0.15) is 0 Å². The molecular weight excluding hydrogens is 903 g/mol. The van der Waals surface area contributed by atoms with E-state index in [0.717, 1.165) is 17.1 Å². The van der Waals surface area contributed by atoms with E-state index < -0.39 is 5.41 Å². The maximum atomic E-state index is 2.56. The summed E-state index contributed by atoms with van der Waals surface area (Å²) in [6, 6.07) is 112. The summed E-state index contributed by atoms with van der Waals surface area (Å²) >= 11 is 0. The quantitative estimate of drug-likeness (QED) is 0.124. The first-order chi connectivity index (χ1) is 37.2. The minimum Gasteiger partial charge on any atom is -0.310 e. The monoisotopic (exact) mass is 953 g/mol. The minimum absolute atomic E-state index is 0.0218. The second-order valence-corrected chi connectivity index (χ2v) is 19.9. The standard InChI is InChI=1S/C74H51N/c1-5-17-51(18-6-1)54-29-31-57(32-30-54)58-41-44-63(45-42-58)75(62-23-11-4-12-24-62)64-46-48-68-67-47-43-61(49-71(67)74(72(68)50-64)69-27-15-13-25-65(69)66-26-14-16-28-70(66)74)73(59-37-33-55(34-38-59)52-19-7-2-8-20-52)60-39-35-56(36-40-60)53-21-9-3-10-22-53/h1-50,73H. The second kappa shape index (κ2) is 18.5. The lowest BCUT2D eigenvalue weighted by molar-refractivity contribution is 0.789. The van der Waals surface area contributed by atoms with E-state index in [0.29, 0.717) is 0 Å². The van der Waals surface area contributed by atoms with Gasteiger partial charge >= 0.3 is 0 Å². The van der Waals surface area contributed by atoms with Crippen LogP contribution in [0.4, 0.5) is 17.1 Å². The molecule has 1 nitrogen and oxygen atoms in total. The number of benzene rings is 12. The van der Waals surface area contributed by atoms with E-state index in [1.807, 2.05) is 0 Å². The first kappa shape index (κ1) is 44.2. The van der Waals surface area contributed by atoms with Crippen LogP contribution in [0.5, 0.6) is 0 Å². The van der Waals surface area contributed by atoms with Crippen LogP contribution in [-0.2, 0) is 5.41 Å².